The summed E-state index contributed by atoms with van der Waals surface area (Å²) in [6, 6.07) is 9.76. The van der Waals surface area contributed by atoms with E-state index in [0.717, 1.165) is 29.5 Å². The van der Waals surface area contributed by atoms with Crippen molar-refractivity contribution in [3.05, 3.63) is 65.0 Å². The van der Waals surface area contributed by atoms with Gasteiger partial charge in [-0.2, -0.15) is 13.2 Å². The third-order valence-corrected chi connectivity index (χ3v) is 5.82. The Labute approximate surface area is 195 Å². The van der Waals surface area contributed by atoms with Crippen molar-refractivity contribution in [3.8, 4) is 0 Å². The first kappa shape index (κ1) is 25.6. The molecule has 2 saturated heterocycles. The van der Waals surface area contributed by atoms with Gasteiger partial charge >= 0.3 is 12.1 Å². The number of hydrogen-bond acceptors (Lipinski definition) is 5. The van der Waals surface area contributed by atoms with Crippen molar-refractivity contribution in [3.63, 3.8) is 0 Å². The number of amides is 1. The highest BCUT2D eigenvalue weighted by molar-refractivity contribution is 5.95. The van der Waals surface area contributed by atoms with E-state index in [4.69, 9.17) is 19.4 Å². The summed E-state index contributed by atoms with van der Waals surface area (Å²) < 4.78 is 44.0. The number of aryl methyl sites for hydroxylation is 2. The molecular weight excluding hydrogens is 453 g/mol. The maximum Gasteiger partial charge on any atom is 0.490 e. The molecule has 0 saturated carbocycles. The van der Waals surface area contributed by atoms with Crippen molar-refractivity contribution in [2.24, 2.45) is 0 Å². The van der Waals surface area contributed by atoms with Gasteiger partial charge in [0.05, 0.1) is 25.8 Å². The summed E-state index contributed by atoms with van der Waals surface area (Å²) in [4.78, 5) is 27.6. The molecule has 7 nitrogen and oxygen atoms in total. The fourth-order valence-electron chi connectivity index (χ4n) is 3.95. The van der Waals surface area contributed by atoms with Crippen molar-refractivity contribution < 1.29 is 37.3 Å². The average molecular weight is 480 g/mol. The number of alkyl halides is 3. The molecule has 0 radical (unpaired) electrons. The van der Waals surface area contributed by atoms with E-state index in [1.807, 2.05) is 48.4 Å². The Morgan fingerprint density at radius 2 is 1.97 bits per heavy atom. The standard InChI is InChI=1S/C22H26N2O3.C2HF3O2/c1-16-4-3-5-18(10-16)21(25)24-14-22(15-24)11-20(7-9-27-22)26-13-19-12-23-8-6-17(19)2;3-2(4,5)1(6)7/h3-6,8,10,12,20H,7,9,11,13-15H2,1-2H3;(H,6,7). The molecule has 34 heavy (non-hydrogen) atoms. The van der Waals surface area contributed by atoms with E-state index in [9.17, 15) is 18.0 Å². The van der Waals surface area contributed by atoms with Gasteiger partial charge in [0.1, 0.15) is 5.60 Å². The highest BCUT2D eigenvalue weighted by Gasteiger charge is 2.49. The molecule has 1 aromatic carbocycles. The Morgan fingerprint density at radius 1 is 1.26 bits per heavy atom. The lowest BCUT2D eigenvalue weighted by Crippen LogP contribution is -2.67. The number of carbonyl (C=O) groups is 2. The largest absolute Gasteiger partial charge is 0.490 e. The summed E-state index contributed by atoms with van der Waals surface area (Å²) in [7, 11) is 0. The molecule has 1 unspecified atom stereocenters. The fraction of sp³-hybridized carbons (Fsp3) is 0.458. The maximum absolute atomic E-state index is 12.7. The van der Waals surface area contributed by atoms with E-state index in [2.05, 4.69) is 11.9 Å². The molecule has 0 aliphatic carbocycles. The highest BCUT2D eigenvalue weighted by atomic mass is 19.4. The smallest absolute Gasteiger partial charge is 0.475 e. The maximum atomic E-state index is 12.7. The summed E-state index contributed by atoms with van der Waals surface area (Å²) in [6.07, 6.45) is 0.484. The van der Waals surface area contributed by atoms with Gasteiger partial charge < -0.3 is 19.5 Å². The number of halogens is 3. The molecule has 1 amide bonds. The van der Waals surface area contributed by atoms with Gasteiger partial charge in [0, 0.05) is 31.0 Å². The van der Waals surface area contributed by atoms with Gasteiger partial charge in [-0.25, -0.2) is 4.79 Å². The summed E-state index contributed by atoms with van der Waals surface area (Å²) in [5.74, 6) is -2.67. The monoisotopic (exact) mass is 480 g/mol. The third kappa shape index (κ3) is 6.54. The fourth-order valence-corrected chi connectivity index (χ4v) is 3.95. The number of carboxylic acid groups (broad SMARTS) is 1. The van der Waals surface area contributed by atoms with Crippen LogP contribution in [0.4, 0.5) is 13.2 Å². The molecule has 1 atom stereocenters. The Bertz CT molecular complexity index is 1020. The van der Waals surface area contributed by atoms with Crippen molar-refractivity contribution >= 4 is 11.9 Å². The second-order valence-electron chi connectivity index (χ2n) is 8.59. The quantitative estimate of drug-likeness (QED) is 0.714. The van der Waals surface area contributed by atoms with Crippen LogP contribution in [0.5, 0.6) is 0 Å². The minimum Gasteiger partial charge on any atom is -0.475 e. The molecular formula is C24H27F3N2O5. The summed E-state index contributed by atoms with van der Waals surface area (Å²) in [5, 5.41) is 7.12. The zero-order chi connectivity index (χ0) is 24.9. The predicted octanol–water partition coefficient (Wildman–Crippen LogP) is 3.92. The van der Waals surface area contributed by atoms with E-state index in [1.54, 1.807) is 6.20 Å². The molecule has 2 aliphatic heterocycles. The first-order valence-corrected chi connectivity index (χ1v) is 10.8. The van der Waals surface area contributed by atoms with Crippen molar-refractivity contribution in [2.75, 3.05) is 19.7 Å². The topological polar surface area (TPSA) is 89.0 Å². The number of benzene rings is 1. The summed E-state index contributed by atoms with van der Waals surface area (Å²) in [6.45, 7) is 6.63. The molecule has 2 fully saturated rings. The lowest BCUT2D eigenvalue weighted by molar-refractivity contribution is -0.192. The lowest BCUT2D eigenvalue weighted by atomic mass is 9.84. The van der Waals surface area contributed by atoms with Crippen LogP contribution in [0.3, 0.4) is 0 Å². The molecule has 0 bridgehead atoms. The molecule has 2 aliphatic rings. The zero-order valence-corrected chi connectivity index (χ0v) is 19.0. The van der Waals surface area contributed by atoms with Gasteiger partial charge in [-0.3, -0.25) is 9.78 Å². The van der Waals surface area contributed by atoms with E-state index >= 15 is 0 Å². The minimum atomic E-state index is -5.08. The molecule has 1 N–H and O–H groups in total. The van der Waals surface area contributed by atoms with E-state index in [-0.39, 0.29) is 17.6 Å². The van der Waals surface area contributed by atoms with Crippen molar-refractivity contribution in [1.82, 2.24) is 9.88 Å². The highest BCUT2D eigenvalue weighted by Crippen LogP contribution is 2.36. The van der Waals surface area contributed by atoms with Crippen molar-refractivity contribution in [2.45, 2.75) is 51.2 Å². The van der Waals surface area contributed by atoms with Crippen LogP contribution in [0.2, 0.25) is 0 Å². The number of ether oxygens (including phenoxy) is 2. The Balaban J connectivity index is 0.000000406. The molecule has 2 aromatic rings. The molecule has 184 valence electrons. The van der Waals surface area contributed by atoms with Crippen LogP contribution < -0.4 is 0 Å². The van der Waals surface area contributed by atoms with Gasteiger partial charge in [-0.05, 0) is 49.6 Å². The average Bonchev–Trinajstić information content (AvgIpc) is 2.76. The minimum absolute atomic E-state index is 0.0851. The van der Waals surface area contributed by atoms with Crippen LogP contribution in [0.25, 0.3) is 0 Å². The Morgan fingerprint density at radius 3 is 2.59 bits per heavy atom. The number of pyridine rings is 1. The van der Waals surface area contributed by atoms with Gasteiger partial charge in [-0.1, -0.05) is 17.7 Å². The normalized spacial score (nSPS) is 19.1. The van der Waals surface area contributed by atoms with E-state index in [0.29, 0.717) is 26.3 Å². The number of carbonyl (C=O) groups excluding carboxylic acids is 1. The molecule has 4 rings (SSSR count). The van der Waals surface area contributed by atoms with Crippen molar-refractivity contribution in [1.29, 1.82) is 0 Å². The second-order valence-corrected chi connectivity index (χ2v) is 8.59. The van der Waals surface area contributed by atoms with Gasteiger partial charge in [-0.15, -0.1) is 0 Å². The van der Waals surface area contributed by atoms with Gasteiger partial charge in [0.2, 0.25) is 0 Å². The van der Waals surface area contributed by atoms with E-state index < -0.39 is 12.1 Å². The number of carboxylic acids is 1. The van der Waals surface area contributed by atoms with Crippen LogP contribution in [-0.4, -0.2) is 64.4 Å². The van der Waals surface area contributed by atoms with Crippen LogP contribution in [0.15, 0.2) is 42.7 Å². The summed E-state index contributed by atoms with van der Waals surface area (Å²) in [5.41, 5.74) is 3.93. The molecule has 1 aromatic heterocycles. The van der Waals surface area contributed by atoms with Gasteiger partial charge in [0.25, 0.3) is 5.91 Å². The number of nitrogens with zero attached hydrogens (tertiary/aromatic N) is 2. The SMILES string of the molecule is Cc1cccc(C(=O)N2CC3(CC(OCc4cnccc4C)CCO3)C2)c1.O=C(O)C(F)(F)F. The molecule has 10 heteroatoms. The number of hydrogen-bond donors (Lipinski definition) is 1. The zero-order valence-electron chi connectivity index (χ0n) is 19.0. The number of aromatic nitrogens is 1. The summed E-state index contributed by atoms with van der Waals surface area (Å²) >= 11 is 0. The van der Waals surface area contributed by atoms with Crippen LogP contribution in [-0.2, 0) is 20.9 Å². The number of aliphatic carboxylic acids is 1. The lowest BCUT2D eigenvalue weighted by Gasteiger charge is -2.53. The second kappa shape index (κ2) is 10.5. The Hall–Kier alpha value is -2.98. The number of rotatable bonds is 4. The van der Waals surface area contributed by atoms with E-state index in [1.165, 1.54) is 5.56 Å². The van der Waals surface area contributed by atoms with Crippen LogP contribution >= 0.6 is 0 Å². The number of likely N-dealkylation sites (tertiary alicyclic amines) is 1. The van der Waals surface area contributed by atoms with Gasteiger partial charge in [0.15, 0.2) is 0 Å². The van der Waals surface area contributed by atoms with Crippen LogP contribution in [0.1, 0.15) is 39.9 Å². The first-order chi connectivity index (χ1) is 16.0. The first-order valence-electron chi connectivity index (χ1n) is 10.8. The predicted molar refractivity (Wildman–Crippen MR) is 116 cm³/mol. The molecule has 1 spiro atoms. The third-order valence-electron chi connectivity index (χ3n) is 5.82. The van der Waals surface area contributed by atoms with Crippen LogP contribution in [0, 0.1) is 13.8 Å². The Kier molecular flexibility index (Phi) is 7.93. The molecule has 3 heterocycles.